The first kappa shape index (κ1) is 15.8. The summed E-state index contributed by atoms with van der Waals surface area (Å²) < 4.78 is 5.17. The maximum atomic E-state index is 12.1. The molecule has 0 saturated heterocycles. The second kappa shape index (κ2) is 7.99. The maximum absolute atomic E-state index is 12.1. The van der Waals surface area contributed by atoms with Gasteiger partial charge in [0.25, 0.3) is 5.91 Å². The van der Waals surface area contributed by atoms with E-state index in [4.69, 9.17) is 4.42 Å². The molecule has 0 aliphatic heterocycles. The Morgan fingerprint density at radius 3 is 2.59 bits per heavy atom. The number of carboxylic acids is 1. The number of carbonyl (C=O) groups is 2. The van der Waals surface area contributed by atoms with E-state index in [0.29, 0.717) is 18.8 Å². The summed E-state index contributed by atoms with van der Waals surface area (Å²) in [5, 5.41) is 15.2. The van der Waals surface area contributed by atoms with Gasteiger partial charge in [0.05, 0.1) is 6.26 Å². The summed E-state index contributed by atoms with van der Waals surface area (Å²) in [5.41, 5.74) is 0.953. The van der Waals surface area contributed by atoms with E-state index in [0.717, 1.165) is 5.56 Å². The van der Waals surface area contributed by atoms with E-state index >= 15 is 0 Å². The van der Waals surface area contributed by atoms with Crippen LogP contribution >= 0.6 is 0 Å². The van der Waals surface area contributed by atoms with E-state index in [9.17, 15) is 14.7 Å². The van der Waals surface area contributed by atoms with Crippen molar-refractivity contribution >= 4 is 11.9 Å². The third-order valence-corrected chi connectivity index (χ3v) is 3.22. The van der Waals surface area contributed by atoms with Crippen molar-refractivity contribution in [1.82, 2.24) is 5.32 Å². The molecule has 1 heterocycles. The van der Waals surface area contributed by atoms with Crippen molar-refractivity contribution in [1.29, 1.82) is 0 Å². The first-order valence-corrected chi connectivity index (χ1v) is 7.02. The average molecular weight is 302 g/mol. The van der Waals surface area contributed by atoms with Crippen LogP contribution in [0.1, 0.15) is 17.7 Å². The number of rotatable bonds is 8. The molecule has 0 fully saturated rings. The molecule has 0 aliphatic rings. The number of carbonyl (C=O) groups excluding carboxylic acids is 2. The van der Waals surface area contributed by atoms with Crippen LogP contribution < -0.4 is 15.7 Å². The molecule has 0 unspecified atom stereocenters. The number of amides is 1. The fourth-order valence-electron chi connectivity index (χ4n) is 2.07. The second-order valence-corrected chi connectivity index (χ2v) is 4.91. The van der Waals surface area contributed by atoms with E-state index in [-0.39, 0.29) is 12.3 Å². The van der Waals surface area contributed by atoms with Crippen LogP contribution in [-0.4, -0.2) is 17.9 Å². The lowest BCUT2D eigenvalue weighted by Crippen LogP contribution is -2.91. The molecule has 116 valence electrons. The molecule has 2 rings (SSSR count). The Kier molecular flexibility index (Phi) is 5.73. The highest BCUT2D eigenvalue weighted by atomic mass is 16.4. The molecule has 1 aromatic carbocycles. The van der Waals surface area contributed by atoms with Gasteiger partial charge in [-0.3, -0.25) is 4.79 Å². The fraction of sp³-hybridized carbons (Fsp3) is 0.250. The number of quaternary nitrogens is 1. The third-order valence-electron chi connectivity index (χ3n) is 3.22. The maximum Gasteiger partial charge on any atom is 0.278 e. The van der Waals surface area contributed by atoms with E-state index in [1.54, 1.807) is 17.4 Å². The summed E-state index contributed by atoms with van der Waals surface area (Å²) in [6.45, 7) is 0.752. The first-order chi connectivity index (χ1) is 10.6. The monoisotopic (exact) mass is 302 g/mol. The lowest BCUT2D eigenvalue weighted by Gasteiger charge is -2.15. The van der Waals surface area contributed by atoms with Gasteiger partial charge in [-0.05, 0) is 17.7 Å². The van der Waals surface area contributed by atoms with Gasteiger partial charge < -0.3 is 25.0 Å². The van der Waals surface area contributed by atoms with Crippen molar-refractivity contribution in [2.75, 3.05) is 0 Å². The zero-order chi connectivity index (χ0) is 15.8. The van der Waals surface area contributed by atoms with Crippen LogP contribution in [0.4, 0.5) is 0 Å². The smallest absolute Gasteiger partial charge is 0.278 e. The number of hydrogen-bond acceptors (Lipinski definition) is 4. The van der Waals surface area contributed by atoms with Crippen LogP contribution in [-0.2, 0) is 22.7 Å². The van der Waals surface area contributed by atoms with Gasteiger partial charge in [0.1, 0.15) is 6.54 Å². The molecule has 2 aromatic rings. The van der Waals surface area contributed by atoms with E-state index in [2.05, 4.69) is 5.32 Å². The molecule has 0 saturated carbocycles. The second-order valence-electron chi connectivity index (χ2n) is 4.91. The molecular weight excluding hydrogens is 284 g/mol. The van der Waals surface area contributed by atoms with Crippen LogP contribution in [0.3, 0.4) is 0 Å². The number of nitrogens with one attached hydrogen (secondary N) is 1. The zero-order valence-corrected chi connectivity index (χ0v) is 12.0. The van der Waals surface area contributed by atoms with Crippen molar-refractivity contribution in [2.24, 2.45) is 0 Å². The molecule has 0 bridgehead atoms. The number of nitrogens with two attached hydrogens (primary N) is 1. The van der Waals surface area contributed by atoms with Crippen LogP contribution in [0.2, 0.25) is 0 Å². The molecule has 22 heavy (non-hydrogen) atoms. The van der Waals surface area contributed by atoms with Gasteiger partial charge in [0.15, 0.2) is 11.8 Å². The highest BCUT2D eigenvalue weighted by molar-refractivity contribution is 5.84. The topological polar surface area (TPSA) is 99.0 Å². The standard InChI is InChI=1S/C16H18N2O4/c19-15(20)9-14(17-11-13-7-4-8-22-13)16(21)18-10-12-5-2-1-3-6-12/h1-8,14,17H,9-11H2,(H,18,21)(H,19,20)/t14-/m1/s1. The molecule has 1 aromatic heterocycles. The number of hydrogen-bond donors (Lipinski definition) is 2. The molecule has 0 spiro atoms. The Morgan fingerprint density at radius 1 is 1.18 bits per heavy atom. The highest BCUT2D eigenvalue weighted by Crippen LogP contribution is 1.99. The van der Waals surface area contributed by atoms with Gasteiger partial charge in [-0.15, -0.1) is 0 Å². The number of carboxylic acid groups (broad SMARTS) is 1. The van der Waals surface area contributed by atoms with E-state index < -0.39 is 12.0 Å². The minimum atomic E-state index is -1.25. The van der Waals surface area contributed by atoms with Crippen molar-refractivity contribution < 1.29 is 24.4 Å². The predicted molar refractivity (Wildman–Crippen MR) is 76.0 cm³/mol. The first-order valence-electron chi connectivity index (χ1n) is 7.02. The van der Waals surface area contributed by atoms with Gasteiger partial charge in [-0.25, -0.2) is 0 Å². The van der Waals surface area contributed by atoms with Gasteiger partial charge >= 0.3 is 0 Å². The van der Waals surface area contributed by atoms with Crippen LogP contribution in [0, 0.1) is 0 Å². The van der Waals surface area contributed by atoms with E-state index in [1.165, 1.54) is 6.26 Å². The Balaban J connectivity index is 1.89. The van der Waals surface area contributed by atoms with Gasteiger partial charge in [0.2, 0.25) is 0 Å². The normalized spacial score (nSPS) is 11.8. The Morgan fingerprint density at radius 2 is 1.95 bits per heavy atom. The molecule has 1 atom stereocenters. The SMILES string of the molecule is O=C([O-])C[C@@H]([NH2+]Cc1ccco1)C(=O)NCc1ccccc1. The predicted octanol–water partition coefficient (Wildman–Crippen LogP) is -0.832. The van der Waals surface area contributed by atoms with Crippen LogP contribution in [0.15, 0.2) is 53.1 Å². The number of aliphatic carboxylic acids is 1. The molecule has 6 nitrogen and oxygen atoms in total. The lowest BCUT2D eigenvalue weighted by atomic mass is 10.1. The summed E-state index contributed by atoms with van der Waals surface area (Å²) in [7, 11) is 0. The molecular formula is C16H18N2O4. The Bertz CT molecular complexity index is 596. The van der Waals surface area contributed by atoms with Crippen molar-refractivity contribution in [3.05, 3.63) is 60.1 Å². The third kappa shape index (κ3) is 5.06. The largest absolute Gasteiger partial charge is 0.550 e. The van der Waals surface area contributed by atoms with E-state index in [1.807, 2.05) is 30.3 Å². The highest BCUT2D eigenvalue weighted by Gasteiger charge is 2.22. The summed E-state index contributed by atoms with van der Waals surface area (Å²) >= 11 is 0. The summed E-state index contributed by atoms with van der Waals surface area (Å²) in [4.78, 5) is 23.0. The molecule has 6 heteroatoms. The molecule has 0 aliphatic carbocycles. The molecule has 1 amide bonds. The molecule has 0 radical (unpaired) electrons. The van der Waals surface area contributed by atoms with Crippen LogP contribution in [0.5, 0.6) is 0 Å². The summed E-state index contributed by atoms with van der Waals surface area (Å²) in [5.74, 6) is -0.908. The van der Waals surface area contributed by atoms with Crippen LogP contribution in [0.25, 0.3) is 0 Å². The van der Waals surface area contributed by atoms with Gasteiger partial charge in [-0.1, -0.05) is 30.3 Å². The summed E-state index contributed by atoms with van der Waals surface area (Å²) in [6.07, 6.45) is 1.19. The van der Waals surface area contributed by atoms with Gasteiger partial charge in [0, 0.05) is 18.9 Å². The average Bonchev–Trinajstić information content (AvgIpc) is 3.03. The zero-order valence-electron chi connectivity index (χ0n) is 12.0. The lowest BCUT2D eigenvalue weighted by molar-refractivity contribution is -0.693. The van der Waals surface area contributed by atoms with Crippen molar-refractivity contribution in [2.45, 2.75) is 25.6 Å². The van der Waals surface area contributed by atoms with Crippen molar-refractivity contribution in [3.63, 3.8) is 0 Å². The minimum Gasteiger partial charge on any atom is -0.550 e. The Hall–Kier alpha value is -2.60. The summed E-state index contributed by atoms with van der Waals surface area (Å²) in [6, 6.07) is 12.2. The van der Waals surface area contributed by atoms with Crippen molar-refractivity contribution in [3.8, 4) is 0 Å². The quantitative estimate of drug-likeness (QED) is 0.665. The number of furan rings is 1. The molecule has 3 N–H and O–H groups in total. The Labute approximate surface area is 128 Å². The fourth-order valence-corrected chi connectivity index (χ4v) is 2.07. The minimum absolute atomic E-state index is 0.334. The van der Waals surface area contributed by atoms with Gasteiger partial charge in [-0.2, -0.15) is 0 Å². The number of benzene rings is 1.